The van der Waals surface area contributed by atoms with E-state index >= 15 is 0 Å². The van der Waals surface area contributed by atoms with Gasteiger partial charge in [0.25, 0.3) is 5.91 Å². The summed E-state index contributed by atoms with van der Waals surface area (Å²) in [5.74, 6) is -0.419. The summed E-state index contributed by atoms with van der Waals surface area (Å²) in [6.45, 7) is 2.37. The van der Waals surface area contributed by atoms with E-state index in [0.29, 0.717) is 22.2 Å². The summed E-state index contributed by atoms with van der Waals surface area (Å²) in [7, 11) is 0. The quantitative estimate of drug-likeness (QED) is 0.693. The fraction of sp³-hybridized carbons (Fsp3) is 0.158. The highest BCUT2D eigenvalue weighted by Crippen LogP contribution is 2.25. The second kappa shape index (κ2) is 7.90. The molecule has 0 atom stereocenters. The SMILES string of the molecule is Cc1nc(Nc2ccc(F)cc2)sc1C(=O)NCCc1ccccc1. The number of carbonyl (C=O) groups excluding carboxylic acids is 1. The summed E-state index contributed by atoms with van der Waals surface area (Å²) in [5, 5.41) is 6.63. The van der Waals surface area contributed by atoms with Gasteiger partial charge in [0.1, 0.15) is 10.7 Å². The van der Waals surface area contributed by atoms with Gasteiger partial charge in [-0.15, -0.1) is 0 Å². The Labute approximate surface area is 149 Å². The second-order valence-corrected chi connectivity index (χ2v) is 6.56. The molecule has 0 aliphatic carbocycles. The highest BCUT2D eigenvalue weighted by Gasteiger charge is 2.15. The number of thiazole rings is 1. The molecule has 0 bridgehead atoms. The van der Waals surface area contributed by atoms with Crippen molar-refractivity contribution in [2.75, 3.05) is 11.9 Å². The van der Waals surface area contributed by atoms with Crippen molar-refractivity contribution in [2.45, 2.75) is 13.3 Å². The molecule has 128 valence electrons. The highest BCUT2D eigenvalue weighted by molar-refractivity contribution is 7.17. The number of aryl methyl sites for hydroxylation is 1. The topological polar surface area (TPSA) is 54.0 Å². The van der Waals surface area contributed by atoms with Crippen LogP contribution in [-0.4, -0.2) is 17.4 Å². The maximum atomic E-state index is 12.9. The number of hydrogen-bond donors (Lipinski definition) is 2. The van der Waals surface area contributed by atoms with Gasteiger partial charge < -0.3 is 10.6 Å². The number of anilines is 2. The molecule has 4 nitrogen and oxygen atoms in total. The third-order valence-electron chi connectivity index (χ3n) is 3.64. The van der Waals surface area contributed by atoms with Gasteiger partial charge >= 0.3 is 0 Å². The zero-order valence-corrected chi connectivity index (χ0v) is 14.6. The van der Waals surface area contributed by atoms with E-state index in [1.807, 2.05) is 30.3 Å². The number of amides is 1. The molecule has 2 aromatic carbocycles. The zero-order valence-electron chi connectivity index (χ0n) is 13.8. The lowest BCUT2D eigenvalue weighted by atomic mass is 10.1. The van der Waals surface area contributed by atoms with Crippen molar-refractivity contribution in [3.05, 3.63) is 76.5 Å². The van der Waals surface area contributed by atoms with E-state index in [-0.39, 0.29) is 11.7 Å². The van der Waals surface area contributed by atoms with Crippen molar-refractivity contribution in [1.82, 2.24) is 10.3 Å². The Kier molecular flexibility index (Phi) is 5.40. The van der Waals surface area contributed by atoms with Crippen LogP contribution in [0.1, 0.15) is 20.9 Å². The fourth-order valence-electron chi connectivity index (χ4n) is 2.36. The average Bonchev–Trinajstić information content (AvgIpc) is 2.98. The lowest BCUT2D eigenvalue weighted by Crippen LogP contribution is -2.25. The number of carbonyl (C=O) groups is 1. The van der Waals surface area contributed by atoms with E-state index in [2.05, 4.69) is 15.6 Å². The minimum atomic E-state index is -0.292. The summed E-state index contributed by atoms with van der Waals surface area (Å²) in [6, 6.07) is 16.0. The first-order valence-electron chi connectivity index (χ1n) is 7.94. The van der Waals surface area contributed by atoms with Crippen LogP contribution in [0.3, 0.4) is 0 Å². The first-order chi connectivity index (χ1) is 12.1. The normalized spacial score (nSPS) is 10.5. The third-order valence-corrected chi connectivity index (χ3v) is 4.71. The van der Waals surface area contributed by atoms with E-state index in [0.717, 1.165) is 12.1 Å². The summed E-state index contributed by atoms with van der Waals surface area (Å²) >= 11 is 1.28. The summed E-state index contributed by atoms with van der Waals surface area (Å²) in [5.41, 5.74) is 2.58. The predicted octanol–water partition coefficient (Wildman–Crippen LogP) is 4.31. The molecule has 2 N–H and O–H groups in total. The van der Waals surface area contributed by atoms with Crippen LogP contribution in [0.5, 0.6) is 0 Å². The maximum absolute atomic E-state index is 12.9. The number of nitrogens with zero attached hydrogens (tertiary/aromatic N) is 1. The van der Waals surface area contributed by atoms with E-state index in [1.54, 1.807) is 19.1 Å². The molecule has 0 spiro atoms. The number of aromatic nitrogens is 1. The van der Waals surface area contributed by atoms with Crippen LogP contribution < -0.4 is 10.6 Å². The Bertz CT molecular complexity index is 847. The van der Waals surface area contributed by atoms with Crippen molar-refractivity contribution in [1.29, 1.82) is 0 Å². The molecular formula is C19H18FN3OS. The minimum Gasteiger partial charge on any atom is -0.351 e. The minimum absolute atomic E-state index is 0.127. The Morgan fingerprint density at radius 2 is 1.84 bits per heavy atom. The second-order valence-electron chi connectivity index (χ2n) is 5.56. The molecule has 0 saturated carbocycles. The Morgan fingerprint density at radius 1 is 1.12 bits per heavy atom. The molecule has 0 fully saturated rings. The first-order valence-corrected chi connectivity index (χ1v) is 8.75. The van der Waals surface area contributed by atoms with Crippen LogP contribution in [0.4, 0.5) is 15.2 Å². The predicted molar refractivity (Wildman–Crippen MR) is 99.0 cm³/mol. The van der Waals surface area contributed by atoms with E-state index in [4.69, 9.17) is 0 Å². The van der Waals surface area contributed by atoms with Crippen LogP contribution in [0.15, 0.2) is 54.6 Å². The third kappa shape index (κ3) is 4.64. The largest absolute Gasteiger partial charge is 0.351 e. The average molecular weight is 355 g/mol. The van der Waals surface area contributed by atoms with Gasteiger partial charge in [0, 0.05) is 12.2 Å². The lowest BCUT2D eigenvalue weighted by Gasteiger charge is -2.04. The molecule has 6 heteroatoms. The number of rotatable bonds is 6. The van der Waals surface area contributed by atoms with Crippen LogP contribution in [0.25, 0.3) is 0 Å². The highest BCUT2D eigenvalue weighted by atomic mass is 32.1. The number of benzene rings is 2. The lowest BCUT2D eigenvalue weighted by molar-refractivity contribution is 0.0957. The molecular weight excluding hydrogens is 337 g/mol. The van der Waals surface area contributed by atoms with Crippen LogP contribution in [0.2, 0.25) is 0 Å². The van der Waals surface area contributed by atoms with Crippen LogP contribution >= 0.6 is 11.3 Å². The van der Waals surface area contributed by atoms with Crippen molar-refractivity contribution < 1.29 is 9.18 Å². The summed E-state index contributed by atoms with van der Waals surface area (Å²) < 4.78 is 12.9. The monoisotopic (exact) mass is 355 g/mol. The van der Waals surface area contributed by atoms with Gasteiger partial charge in [0.15, 0.2) is 5.13 Å². The van der Waals surface area contributed by atoms with E-state index in [1.165, 1.54) is 29.0 Å². The van der Waals surface area contributed by atoms with Gasteiger partial charge in [0.2, 0.25) is 0 Å². The van der Waals surface area contributed by atoms with Gasteiger partial charge in [-0.05, 0) is 43.2 Å². The van der Waals surface area contributed by atoms with Gasteiger partial charge in [0.05, 0.1) is 5.69 Å². The number of halogens is 1. The standard InChI is InChI=1S/C19H18FN3OS/c1-13-17(18(24)21-12-11-14-5-3-2-4-6-14)25-19(22-13)23-16-9-7-15(20)8-10-16/h2-10H,11-12H2,1H3,(H,21,24)(H,22,23). The molecule has 0 radical (unpaired) electrons. The van der Waals surface area contributed by atoms with Crippen LogP contribution in [-0.2, 0) is 6.42 Å². The number of hydrogen-bond acceptors (Lipinski definition) is 4. The van der Waals surface area contributed by atoms with E-state index in [9.17, 15) is 9.18 Å². The molecule has 0 aliphatic rings. The van der Waals surface area contributed by atoms with Crippen molar-refractivity contribution in [2.24, 2.45) is 0 Å². The van der Waals surface area contributed by atoms with Crippen molar-refractivity contribution in [3.63, 3.8) is 0 Å². The van der Waals surface area contributed by atoms with Crippen molar-refractivity contribution in [3.8, 4) is 0 Å². The molecule has 1 heterocycles. The molecule has 25 heavy (non-hydrogen) atoms. The van der Waals surface area contributed by atoms with Gasteiger partial charge in [-0.25, -0.2) is 9.37 Å². The van der Waals surface area contributed by atoms with E-state index < -0.39 is 0 Å². The summed E-state index contributed by atoms with van der Waals surface area (Å²) in [4.78, 5) is 17.3. The zero-order chi connectivity index (χ0) is 17.6. The first kappa shape index (κ1) is 17.1. The molecule has 3 rings (SSSR count). The Hall–Kier alpha value is -2.73. The smallest absolute Gasteiger partial charge is 0.263 e. The number of nitrogens with one attached hydrogen (secondary N) is 2. The molecule has 0 saturated heterocycles. The Balaban J connectivity index is 1.59. The summed E-state index contributed by atoms with van der Waals surface area (Å²) in [6.07, 6.45) is 0.783. The maximum Gasteiger partial charge on any atom is 0.263 e. The van der Waals surface area contributed by atoms with Gasteiger partial charge in [-0.1, -0.05) is 41.7 Å². The van der Waals surface area contributed by atoms with Gasteiger partial charge in [-0.2, -0.15) is 0 Å². The molecule has 0 aliphatic heterocycles. The van der Waals surface area contributed by atoms with Crippen molar-refractivity contribution >= 4 is 28.1 Å². The van der Waals surface area contributed by atoms with Crippen LogP contribution in [0, 0.1) is 12.7 Å². The molecule has 3 aromatic rings. The van der Waals surface area contributed by atoms with Gasteiger partial charge in [-0.3, -0.25) is 4.79 Å². The Morgan fingerprint density at radius 3 is 2.56 bits per heavy atom. The molecule has 1 aromatic heterocycles. The fourth-order valence-corrected chi connectivity index (χ4v) is 3.27. The molecule has 1 amide bonds. The molecule has 0 unspecified atom stereocenters.